The molecule has 0 unspecified atom stereocenters. The van der Waals surface area contributed by atoms with Gasteiger partial charge in [-0.2, -0.15) is 0 Å². The molecule has 0 aliphatic rings. The molecule has 0 saturated heterocycles. The van der Waals surface area contributed by atoms with Gasteiger partial charge in [-0.1, -0.05) is 65.9 Å². The first-order valence-corrected chi connectivity index (χ1v) is 11.4. The molecule has 4 nitrogen and oxygen atoms in total. The molecule has 1 heterocycles. The molecule has 0 saturated carbocycles. The van der Waals surface area contributed by atoms with E-state index in [0.29, 0.717) is 23.4 Å². The zero-order valence-electron chi connectivity index (χ0n) is 17.5. The Morgan fingerprint density at radius 1 is 0.938 bits per heavy atom. The summed E-state index contributed by atoms with van der Waals surface area (Å²) in [5.74, 6) is -0.639. The van der Waals surface area contributed by atoms with Crippen LogP contribution in [0.1, 0.15) is 28.8 Å². The number of benzene rings is 3. The molecule has 1 N–H and O–H groups in total. The fourth-order valence-corrected chi connectivity index (χ4v) is 4.35. The first-order chi connectivity index (χ1) is 15.6. The number of thiazole rings is 1. The van der Waals surface area contributed by atoms with Crippen LogP contribution in [0.3, 0.4) is 0 Å². The molecule has 1 aromatic heterocycles. The van der Waals surface area contributed by atoms with Crippen LogP contribution in [0.5, 0.6) is 0 Å². The lowest BCUT2D eigenvalue weighted by Crippen LogP contribution is -2.24. The van der Waals surface area contributed by atoms with Gasteiger partial charge < -0.3 is 5.32 Å². The zero-order valence-corrected chi connectivity index (χ0v) is 18.3. The number of aromatic nitrogens is 1. The number of hydrogen-bond acceptors (Lipinski definition) is 3. The van der Waals surface area contributed by atoms with E-state index in [9.17, 15) is 14.0 Å². The maximum Gasteiger partial charge on any atom is 0.312 e. The number of amides is 1. The molecule has 1 amide bonds. The lowest BCUT2D eigenvalue weighted by Gasteiger charge is -2.10. The third-order valence-corrected chi connectivity index (χ3v) is 5.95. The van der Waals surface area contributed by atoms with Gasteiger partial charge in [-0.3, -0.25) is 14.2 Å². The molecule has 0 spiro atoms. The molecular weight excluding hydrogens is 423 g/mol. The van der Waals surface area contributed by atoms with Gasteiger partial charge in [0.25, 0.3) is 5.91 Å². The van der Waals surface area contributed by atoms with E-state index < -0.39 is 5.82 Å². The summed E-state index contributed by atoms with van der Waals surface area (Å²) in [6.45, 7) is 0.592. The highest BCUT2D eigenvalue weighted by Crippen LogP contribution is 2.25. The predicted molar refractivity (Wildman–Crippen MR) is 127 cm³/mol. The Morgan fingerprint density at radius 3 is 2.53 bits per heavy atom. The third-order valence-electron chi connectivity index (χ3n) is 5.23. The molecule has 4 aromatic rings. The van der Waals surface area contributed by atoms with Crippen LogP contribution in [0, 0.1) is 5.82 Å². The summed E-state index contributed by atoms with van der Waals surface area (Å²) in [6.07, 6.45) is 2.86. The summed E-state index contributed by atoms with van der Waals surface area (Å²) in [5.41, 5.74) is 3.24. The second-order valence-corrected chi connectivity index (χ2v) is 8.27. The van der Waals surface area contributed by atoms with Gasteiger partial charge >= 0.3 is 4.87 Å². The van der Waals surface area contributed by atoms with Crippen molar-refractivity contribution in [1.29, 1.82) is 0 Å². The Balaban J connectivity index is 1.44. The van der Waals surface area contributed by atoms with E-state index in [1.165, 1.54) is 16.2 Å². The number of nitrogens with one attached hydrogen (secondary N) is 1. The fraction of sp³-hybridized carbons (Fsp3) is 0.154. The second kappa shape index (κ2) is 10.2. The van der Waals surface area contributed by atoms with Crippen LogP contribution in [0.15, 0.2) is 89.0 Å². The van der Waals surface area contributed by atoms with Crippen molar-refractivity contribution in [2.45, 2.75) is 19.3 Å². The summed E-state index contributed by atoms with van der Waals surface area (Å²) in [7, 11) is 0. The Labute approximate surface area is 190 Å². The quantitative estimate of drug-likeness (QED) is 0.366. The largest absolute Gasteiger partial charge is 0.352 e. The van der Waals surface area contributed by atoms with Crippen molar-refractivity contribution in [3.8, 4) is 16.9 Å². The minimum absolute atomic E-state index is 0.165. The topological polar surface area (TPSA) is 51.1 Å². The normalized spacial score (nSPS) is 10.8. The van der Waals surface area contributed by atoms with Crippen LogP contribution >= 0.6 is 11.3 Å². The van der Waals surface area contributed by atoms with E-state index in [0.717, 1.165) is 30.6 Å². The van der Waals surface area contributed by atoms with Crippen molar-refractivity contribution in [3.63, 3.8) is 0 Å². The van der Waals surface area contributed by atoms with Crippen molar-refractivity contribution < 1.29 is 9.18 Å². The van der Waals surface area contributed by atoms with Crippen LogP contribution < -0.4 is 10.2 Å². The first-order valence-electron chi connectivity index (χ1n) is 10.5. The van der Waals surface area contributed by atoms with Crippen molar-refractivity contribution in [1.82, 2.24) is 9.88 Å². The standard InChI is InChI=1S/C26H23FN2O2S/c27-22-14-4-5-15-23(22)29-24(18-32-26(29)31)20-12-8-13-21(17-20)25(30)28-16-7-6-11-19-9-2-1-3-10-19/h1-5,8-10,12-15,17-18H,6-7,11,16H2,(H,28,30). The second-order valence-electron chi connectivity index (χ2n) is 7.45. The summed E-state index contributed by atoms with van der Waals surface area (Å²) in [5, 5.41) is 4.65. The Kier molecular flexibility index (Phi) is 6.92. The van der Waals surface area contributed by atoms with Crippen molar-refractivity contribution in [2.24, 2.45) is 0 Å². The SMILES string of the molecule is O=C(NCCCCc1ccccc1)c1cccc(-c2csc(=O)n2-c2ccccc2F)c1. The van der Waals surface area contributed by atoms with Gasteiger partial charge in [-0.25, -0.2) is 4.39 Å². The lowest BCUT2D eigenvalue weighted by molar-refractivity contribution is 0.0953. The highest BCUT2D eigenvalue weighted by atomic mass is 32.1. The summed E-state index contributed by atoms with van der Waals surface area (Å²) >= 11 is 1.00. The van der Waals surface area contributed by atoms with E-state index in [-0.39, 0.29) is 16.5 Å². The molecule has 0 fully saturated rings. The minimum Gasteiger partial charge on any atom is -0.352 e. The molecule has 6 heteroatoms. The number of hydrogen-bond donors (Lipinski definition) is 1. The summed E-state index contributed by atoms with van der Waals surface area (Å²) < 4.78 is 15.7. The van der Waals surface area contributed by atoms with E-state index in [4.69, 9.17) is 0 Å². The number of aryl methyl sites for hydroxylation is 1. The van der Waals surface area contributed by atoms with E-state index in [1.807, 2.05) is 24.3 Å². The number of nitrogens with zero attached hydrogens (tertiary/aromatic N) is 1. The number of carbonyl (C=O) groups is 1. The van der Waals surface area contributed by atoms with Crippen molar-refractivity contribution in [3.05, 3.63) is 111 Å². The molecule has 0 aliphatic carbocycles. The van der Waals surface area contributed by atoms with E-state index in [2.05, 4.69) is 17.4 Å². The lowest BCUT2D eigenvalue weighted by atomic mass is 10.1. The monoisotopic (exact) mass is 446 g/mol. The molecule has 4 rings (SSSR count). The molecule has 162 valence electrons. The summed E-state index contributed by atoms with van der Waals surface area (Å²) in [4.78, 5) is 24.8. The molecular formula is C26H23FN2O2S. The number of rotatable bonds is 8. The van der Waals surface area contributed by atoms with Gasteiger partial charge in [0.15, 0.2) is 0 Å². The van der Waals surface area contributed by atoms with Crippen LogP contribution in [-0.2, 0) is 6.42 Å². The van der Waals surface area contributed by atoms with Gasteiger partial charge in [-0.15, -0.1) is 0 Å². The van der Waals surface area contributed by atoms with Crippen LogP contribution in [0.25, 0.3) is 16.9 Å². The highest BCUT2D eigenvalue weighted by Gasteiger charge is 2.15. The maximum absolute atomic E-state index is 14.3. The van der Waals surface area contributed by atoms with Crippen LogP contribution in [0.2, 0.25) is 0 Å². The zero-order chi connectivity index (χ0) is 22.3. The molecule has 0 aliphatic heterocycles. The van der Waals surface area contributed by atoms with Gasteiger partial charge in [0.2, 0.25) is 0 Å². The molecule has 0 radical (unpaired) electrons. The summed E-state index contributed by atoms with van der Waals surface area (Å²) in [6, 6.07) is 23.5. The Morgan fingerprint density at radius 2 is 1.72 bits per heavy atom. The Hall–Kier alpha value is -3.51. The molecule has 0 bridgehead atoms. The maximum atomic E-state index is 14.3. The minimum atomic E-state index is -0.473. The fourth-order valence-electron chi connectivity index (χ4n) is 3.59. The van der Waals surface area contributed by atoms with Crippen LogP contribution in [0.4, 0.5) is 4.39 Å². The number of carbonyl (C=O) groups excluding carboxylic acids is 1. The smallest absolute Gasteiger partial charge is 0.312 e. The van der Waals surface area contributed by atoms with Gasteiger partial charge in [0.1, 0.15) is 5.82 Å². The number of para-hydroxylation sites is 1. The van der Waals surface area contributed by atoms with E-state index in [1.54, 1.807) is 41.8 Å². The number of halogens is 1. The average Bonchev–Trinajstić information content (AvgIpc) is 3.21. The van der Waals surface area contributed by atoms with Gasteiger partial charge in [0, 0.05) is 23.1 Å². The predicted octanol–water partition coefficient (Wildman–Crippen LogP) is 5.46. The highest BCUT2D eigenvalue weighted by molar-refractivity contribution is 7.07. The van der Waals surface area contributed by atoms with Gasteiger partial charge in [0.05, 0.1) is 11.4 Å². The number of unbranched alkanes of at least 4 members (excludes halogenated alkanes) is 1. The van der Waals surface area contributed by atoms with Gasteiger partial charge in [-0.05, 0) is 49.1 Å². The van der Waals surface area contributed by atoms with Crippen molar-refractivity contribution in [2.75, 3.05) is 6.54 Å². The van der Waals surface area contributed by atoms with Crippen molar-refractivity contribution >= 4 is 17.2 Å². The first kappa shape index (κ1) is 21.7. The van der Waals surface area contributed by atoms with Crippen LogP contribution in [-0.4, -0.2) is 17.0 Å². The molecule has 0 atom stereocenters. The molecule has 32 heavy (non-hydrogen) atoms. The van der Waals surface area contributed by atoms with E-state index >= 15 is 0 Å². The molecule has 3 aromatic carbocycles. The Bertz CT molecular complexity index is 1260. The average molecular weight is 447 g/mol. The third kappa shape index (κ3) is 5.03.